The lowest BCUT2D eigenvalue weighted by atomic mass is 9.99. The first-order valence-corrected chi connectivity index (χ1v) is 5.03. The average molecular weight is 195 g/mol. The first-order valence-electron chi connectivity index (χ1n) is 5.03. The molecule has 78 valence electrons. The van der Waals surface area contributed by atoms with E-state index in [2.05, 4.69) is 10.8 Å². The molecule has 0 aromatic heterocycles. The summed E-state index contributed by atoms with van der Waals surface area (Å²) >= 11 is 0. The Morgan fingerprint density at radius 3 is 2.86 bits per heavy atom. The van der Waals surface area contributed by atoms with Crippen LogP contribution in [-0.4, -0.2) is 35.6 Å². The highest BCUT2D eigenvalue weighted by Crippen LogP contribution is 2.23. The molecule has 1 saturated heterocycles. The van der Waals surface area contributed by atoms with E-state index in [0.717, 1.165) is 25.9 Å². The highest BCUT2D eigenvalue weighted by atomic mass is 16.4. The van der Waals surface area contributed by atoms with Crippen molar-refractivity contribution in [2.75, 3.05) is 19.6 Å². The number of likely N-dealkylation sites (tertiary alicyclic amines) is 1. The molecular weight excluding hydrogens is 178 g/mol. The van der Waals surface area contributed by atoms with Gasteiger partial charge in [0.05, 0.1) is 5.92 Å². The monoisotopic (exact) mass is 195 g/mol. The highest BCUT2D eigenvalue weighted by molar-refractivity contribution is 5.71. The number of hydrogen-bond acceptors (Lipinski definition) is 2. The lowest BCUT2D eigenvalue weighted by molar-refractivity contribution is -0.142. The van der Waals surface area contributed by atoms with Gasteiger partial charge >= 0.3 is 5.97 Å². The van der Waals surface area contributed by atoms with Crippen LogP contribution in [0.1, 0.15) is 19.8 Å². The fourth-order valence-electron chi connectivity index (χ4n) is 1.98. The molecule has 0 aliphatic carbocycles. The van der Waals surface area contributed by atoms with Crippen molar-refractivity contribution in [3.05, 3.63) is 0 Å². The van der Waals surface area contributed by atoms with Gasteiger partial charge in [0.25, 0.3) is 0 Å². The van der Waals surface area contributed by atoms with Crippen LogP contribution in [0.3, 0.4) is 0 Å². The molecule has 0 unspecified atom stereocenters. The van der Waals surface area contributed by atoms with Crippen LogP contribution in [0.25, 0.3) is 0 Å². The molecule has 1 aliphatic heterocycles. The Kier molecular flexibility index (Phi) is 3.97. The van der Waals surface area contributed by atoms with E-state index in [-0.39, 0.29) is 11.8 Å². The van der Waals surface area contributed by atoms with Crippen molar-refractivity contribution in [3.8, 4) is 12.3 Å². The van der Waals surface area contributed by atoms with E-state index in [1.54, 1.807) is 0 Å². The number of carboxylic acid groups (broad SMARTS) is 1. The molecule has 0 aromatic carbocycles. The van der Waals surface area contributed by atoms with E-state index in [1.165, 1.54) is 0 Å². The molecule has 0 aromatic rings. The molecule has 3 heteroatoms. The number of terminal acetylenes is 1. The topological polar surface area (TPSA) is 40.5 Å². The van der Waals surface area contributed by atoms with Crippen molar-refractivity contribution in [3.63, 3.8) is 0 Å². The van der Waals surface area contributed by atoms with E-state index in [1.807, 2.05) is 6.92 Å². The van der Waals surface area contributed by atoms with Crippen LogP contribution in [0.15, 0.2) is 0 Å². The fourth-order valence-corrected chi connectivity index (χ4v) is 1.98. The summed E-state index contributed by atoms with van der Waals surface area (Å²) in [5.74, 6) is 1.99. The molecule has 1 N–H and O–H groups in total. The average Bonchev–Trinajstić information content (AvgIpc) is 2.47. The maximum Gasteiger partial charge on any atom is 0.308 e. The summed E-state index contributed by atoms with van der Waals surface area (Å²) < 4.78 is 0. The van der Waals surface area contributed by atoms with Gasteiger partial charge in [0, 0.05) is 19.5 Å². The van der Waals surface area contributed by atoms with Crippen LogP contribution in [-0.2, 0) is 4.79 Å². The van der Waals surface area contributed by atoms with Gasteiger partial charge in [-0.25, -0.2) is 0 Å². The molecule has 0 saturated carbocycles. The van der Waals surface area contributed by atoms with Crippen LogP contribution in [0.5, 0.6) is 0 Å². The van der Waals surface area contributed by atoms with Crippen molar-refractivity contribution in [2.24, 2.45) is 11.8 Å². The number of carboxylic acids is 1. The van der Waals surface area contributed by atoms with E-state index in [9.17, 15) is 4.79 Å². The molecular formula is C11H17NO2. The van der Waals surface area contributed by atoms with Gasteiger partial charge in [-0.15, -0.1) is 12.3 Å². The predicted molar refractivity (Wildman–Crippen MR) is 54.8 cm³/mol. The normalized spacial score (nSPS) is 27.4. The minimum atomic E-state index is -0.669. The summed E-state index contributed by atoms with van der Waals surface area (Å²) in [6.45, 7) is 4.50. The van der Waals surface area contributed by atoms with Crippen molar-refractivity contribution >= 4 is 5.97 Å². The van der Waals surface area contributed by atoms with Crippen LogP contribution >= 0.6 is 0 Å². The Balaban J connectivity index is 2.32. The Hall–Kier alpha value is -1.01. The Morgan fingerprint density at radius 1 is 1.64 bits per heavy atom. The number of rotatable bonds is 4. The fraction of sp³-hybridized carbons (Fsp3) is 0.727. The van der Waals surface area contributed by atoms with Gasteiger partial charge in [-0.3, -0.25) is 4.79 Å². The van der Waals surface area contributed by atoms with Crippen molar-refractivity contribution in [1.82, 2.24) is 4.90 Å². The number of hydrogen-bond donors (Lipinski definition) is 1. The van der Waals surface area contributed by atoms with Gasteiger partial charge in [-0.1, -0.05) is 6.92 Å². The van der Waals surface area contributed by atoms with Crippen molar-refractivity contribution < 1.29 is 9.90 Å². The van der Waals surface area contributed by atoms with Crippen LogP contribution < -0.4 is 0 Å². The number of carbonyl (C=O) groups is 1. The Bertz CT molecular complexity index is 244. The molecule has 0 radical (unpaired) electrons. The standard InChI is InChI=1S/C11H17NO2/c1-3-4-5-6-12-7-9(2)10(8-12)11(13)14/h1,9-10H,4-8H2,2H3,(H,13,14)/t9-,10-/m1/s1. The summed E-state index contributed by atoms with van der Waals surface area (Å²) in [7, 11) is 0. The summed E-state index contributed by atoms with van der Waals surface area (Å²) in [6, 6.07) is 0. The summed E-state index contributed by atoms with van der Waals surface area (Å²) in [6.07, 6.45) is 6.90. The van der Waals surface area contributed by atoms with Gasteiger partial charge in [0.2, 0.25) is 0 Å². The molecule has 1 rings (SSSR count). The zero-order chi connectivity index (χ0) is 10.6. The SMILES string of the molecule is C#CCCCN1C[C@@H](C)[C@H](C(=O)O)C1. The molecule has 1 heterocycles. The first-order chi connectivity index (χ1) is 6.65. The lowest BCUT2D eigenvalue weighted by Gasteiger charge is -2.13. The molecule has 3 nitrogen and oxygen atoms in total. The predicted octanol–water partition coefficient (Wildman–Crippen LogP) is 1.05. The molecule has 1 fully saturated rings. The third kappa shape index (κ3) is 2.74. The third-order valence-electron chi connectivity index (χ3n) is 2.80. The van der Waals surface area contributed by atoms with E-state index in [0.29, 0.717) is 6.54 Å². The second-order valence-electron chi connectivity index (χ2n) is 3.99. The van der Waals surface area contributed by atoms with Crippen molar-refractivity contribution in [2.45, 2.75) is 19.8 Å². The molecule has 14 heavy (non-hydrogen) atoms. The van der Waals surface area contributed by atoms with Gasteiger partial charge in [-0.05, 0) is 18.9 Å². The third-order valence-corrected chi connectivity index (χ3v) is 2.80. The lowest BCUT2D eigenvalue weighted by Crippen LogP contribution is -2.24. The second-order valence-corrected chi connectivity index (χ2v) is 3.99. The Labute approximate surface area is 85.1 Å². The number of nitrogens with zero attached hydrogens (tertiary/aromatic N) is 1. The van der Waals surface area contributed by atoms with Gasteiger partial charge in [-0.2, -0.15) is 0 Å². The zero-order valence-corrected chi connectivity index (χ0v) is 8.57. The maximum absolute atomic E-state index is 10.8. The minimum absolute atomic E-state index is 0.194. The van der Waals surface area contributed by atoms with E-state index in [4.69, 9.17) is 11.5 Å². The molecule has 0 amide bonds. The number of aliphatic carboxylic acids is 1. The van der Waals surface area contributed by atoms with Crippen LogP contribution in [0.4, 0.5) is 0 Å². The van der Waals surface area contributed by atoms with E-state index < -0.39 is 5.97 Å². The second kappa shape index (κ2) is 5.02. The molecule has 0 spiro atoms. The quantitative estimate of drug-likeness (QED) is 0.538. The molecule has 2 atom stereocenters. The highest BCUT2D eigenvalue weighted by Gasteiger charge is 2.33. The van der Waals surface area contributed by atoms with E-state index >= 15 is 0 Å². The van der Waals surface area contributed by atoms with Crippen LogP contribution in [0, 0.1) is 24.2 Å². The summed E-state index contributed by atoms with van der Waals surface area (Å²) in [5.41, 5.74) is 0. The van der Waals surface area contributed by atoms with Gasteiger partial charge < -0.3 is 10.0 Å². The largest absolute Gasteiger partial charge is 0.481 e. The Morgan fingerprint density at radius 2 is 2.36 bits per heavy atom. The zero-order valence-electron chi connectivity index (χ0n) is 8.57. The molecule has 0 bridgehead atoms. The summed E-state index contributed by atoms with van der Waals surface area (Å²) in [4.78, 5) is 13.0. The maximum atomic E-state index is 10.8. The van der Waals surface area contributed by atoms with Crippen LogP contribution in [0.2, 0.25) is 0 Å². The molecule has 1 aliphatic rings. The summed E-state index contributed by atoms with van der Waals surface area (Å²) in [5, 5.41) is 8.91. The minimum Gasteiger partial charge on any atom is -0.481 e. The smallest absolute Gasteiger partial charge is 0.308 e. The first kappa shape index (κ1) is 11.1. The van der Waals surface area contributed by atoms with Crippen molar-refractivity contribution in [1.29, 1.82) is 0 Å². The number of unbranched alkanes of at least 4 members (excludes halogenated alkanes) is 1. The van der Waals surface area contributed by atoms with Gasteiger partial charge in [0.1, 0.15) is 0 Å². The van der Waals surface area contributed by atoms with Gasteiger partial charge in [0.15, 0.2) is 0 Å².